The normalized spacial score (nSPS) is 16.6. The van der Waals surface area contributed by atoms with Gasteiger partial charge in [-0.05, 0) is 29.9 Å². The van der Waals surface area contributed by atoms with Gasteiger partial charge in [0, 0.05) is 0 Å². The molecule has 0 amide bonds. The Balaban J connectivity index is 1.77. The highest BCUT2D eigenvalue weighted by atomic mass is 16.5. The van der Waals surface area contributed by atoms with Crippen molar-refractivity contribution >= 4 is 12.6 Å². The predicted molar refractivity (Wildman–Crippen MR) is 73.0 cm³/mol. The zero-order valence-electron chi connectivity index (χ0n) is 10.7. The second-order valence-electron chi connectivity index (χ2n) is 5.09. The Kier molecular flexibility index (Phi) is 5.08. The molecule has 1 aliphatic carbocycles. The van der Waals surface area contributed by atoms with E-state index in [9.17, 15) is 0 Å². The minimum atomic E-state index is -1.42. The molecule has 0 radical (unpaired) electrons. The predicted octanol–water partition coefficient (Wildman–Crippen LogP) is 1.72. The minimum absolute atomic E-state index is 0.477. The van der Waals surface area contributed by atoms with Crippen LogP contribution >= 0.6 is 0 Å². The first-order valence-corrected chi connectivity index (χ1v) is 6.84. The maximum absolute atomic E-state index is 9.08. The van der Waals surface area contributed by atoms with Crippen molar-refractivity contribution in [2.45, 2.75) is 38.5 Å². The average Bonchev–Trinajstić information content (AvgIpc) is 2.40. The lowest BCUT2D eigenvalue weighted by Gasteiger charge is -2.21. The van der Waals surface area contributed by atoms with E-state index in [1.807, 2.05) is 6.07 Å². The molecule has 3 nitrogen and oxygen atoms in total. The maximum Gasteiger partial charge on any atom is 0.488 e. The van der Waals surface area contributed by atoms with Gasteiger partial charge in [-0.3, -0.25) is 0 Å². The van der Waals surface area contributed by atoms with E-state index in [1.54, 1.807) is 18.2 Å². The maximum atomic E-state index is 9.08. The first kappa shape index (κ1) is 13.4. The number of benzene rings is 1. The summed E-state index contributed by atoms with van der Waals surface area (Å²) in [5.74, 6) is 1.53. The van der Waals surface area contributed by atoms with Gasteiger partial charge in [-0.15, -0.1) is 0 Å². The SMILES string of the molecule is OB(O)c1cccc(OCCC2CCCCC2)c1. The molecular weight excluding hydrogens is 227 g/mol. The van der Waals surface area contributed by atoms with Crippen molar-refractivity contribution in [1.29, 1.82) is 0 Å². The van der Waals surface area contributed by atoms with E-state index in [0.29, 0.717) is 5.46 Å². The van der Waals surface area contributed by atoms with Gasteiger partial charge in [-0.1, -0.05) is 44.2 Å². The minimum Gasteiger partial charge on any atom is -0.494 e. The molecule has 1 aromatic rings. The largest absolute Gasteiger partial charge is 0.494 e. The quantitative estimate of drug-likeness (QED) is 0.780. The Morgan fingerprint density at radius 3 is 2.67 bits per heavy atom. The number of hydrogen-bond acceptors (Lipinski definition) is 3. The summed E-state index contributed by atoms with van der Waals surface area (Å²) in [6.45, 7) is 0.718. The molecule has 18 heavy (non-hydrogen) atoms. The molecule has 4 heteroatoms. The number of hydrogen-bond donors (Lipinski definition) is 2. The fraction of sp³-hybridized carbons (Fsp3) is 0.571. The Hall–Kier alpha value is -0.995. The van der Waals surface area contributed by atoms with E-state index in [2.05, 4.69) is 0 Å². The third-order valence-corrected chi connectivity index (χ3v) is 3.68. The van der Waals surface area contributed by atoms with Crippen LogP contribution in [0.1, 0.15) is 38.5 Å². The van der Waals surface area contributed by atoms with Crippen LogP contribution in [0.15, 0.2) is 24.3 Å². The van der Waals surface area contributed by atoms with Gasteiger partial charge in [-0.25, -0.2) is 0 Å². The molecule has 0 aliphatic heterocycles. The lowest BCUT2D eigenvalue weighted by Crippen LogP contribution is -2.29. The first-order chi connectivity index (χ1) is 8.75. The molecule has 2 rings (SSSR count). The van der Waals surface area contributed by atoms with Gasteiger partial charge < -0.3 is 14.8 Å². The van der Waals surface area contributed by atoms with Crippen molar-refractivity contribution in [3.63, 3.8) is 0 Å². The van der Waals surface area contributed by atoms with Crippen LogP contribution in [0, 0.1) is 5.92 Å². The first-order valence-electron chi connectivity index (χ1n) is 6.84. The van der Waals surface area contributed by atoms with Crippen molar-refractivity contribution in [3.05, 3.63) is 24.3 Å². The van der Waals surface area contributed by atoms with Gasteiger partial charge >= 0.3 is 7.12 Å². The third-order valence-electron chi connectivity index (χ3n) is 3.68. The molecule has 1 fully saturated rings. The number of rotatable bonds is 5. The van der Waals surface area contributed by atoms with E-state index in [4.69, 9.17) is 14.8 Å². The molecule has 0 heterocycles. The van der Waals surface area contributed by atoms with Gasteiger partial charge in [0.25, 0.3) is 0 Å². The van der Waals surface area contributed by atoms with E-state index in [1.165, 1.54) is 32.1 Å². The second kappa shape index (κ2) is 6.81. The van der Waals surface area contributed by atoms with Gasteiger partial charge in [0.05, 0.1) is 6.61 Å². The fourth-order valence-corrected chi connectivity index (χ4v) is 2.58. The van der Waals surface area contributed by atoms with E-state index >= 15 is 0 Å². The van der Waals surface area contributed by atoms with E-state index in [-0.39, 0.29) is 0 Å². The summed E-state index contributed by atoms with van der Waals surface area (Å²) in [6, 6.07) is 7.00. The highest BCUT2D eigenvalue weighted by Crippen LogP contribution is 2.26. The Labute approximate surface area is 109 Å². The standard InChI is InChI=1S/C14H21BO3/c16-15(17)13-7-4-8-14(11-13)18-10-9-12-5-2-1-3-6-12/h4,7-8,11-12,16-17H,1-3,5-6,9-10H2. The van der Waals surface area contributed by atoms with Crippen LogP contribution < -0.4 is 10.2 Å². The lowest BCUT2D eigenvalue weighted by atomic mass is 9.80. The highest BCUT2D eigenvalue weighted by molar-refractivity contribution is 6.58. The van der Waals surface area contributed by atoms with E-state index < -0.39 is 7.12 Å². The monoisotopic (exact) mass is 248 g/mol. The summed E-state index contributed by atoms with van der Waals surface area (Å²) in [4.78, 5) is 0. The molecule has 0 aromatic heterocycles. The Morgan fingerprint density at radius 1 is 1.17 bits per heavy atom. The van der Waals surface area contributed by atoms with Crippen LogP contribution in [0.25, 0.3) is 0 Å². The third kappa shape index (κ3) is 4.04. The van der Waals surface area contributed by atoms with Crippen LogP contribution in [-0.4, -0.2) is 23.8 Å². The van der Waals surface area contributed by atoms with Crippen molar-refractivity contribution in [1.82, 2.24) is 0 Å². The Bertz CT molecular complexity index is 362. The molecule has 0 unspecified atom stereocenters. The smallest absolute Gasteiger partial charge is 0.488 e. The lowest BCUT2D eigenvalue weighted by molar-refractivity contribution is 0.246. The van der Waals surface area contributed by atoms with Gasteiger partial charge in [0.1, 0.15) is 5.75 Å². The van der Waals surface area contributed by atoms with Crippen molar-refractivity contribution < 1.29 is 14.8 Å². The van der Waals surface area contributed by atoms with E-state index in [0.717, 1.165) is 24.7 Å². The Morgan fingerprint density at radius 2 is 1.94 bits per heavy atom. The summed E-state index contributed by atoms with van der Waals surface area (Å²) in [5.41, 5.74) is 0.477. The summed E-state index contributed by atoms with van der Waals surface area (Å²) in [7, 11) is -1.42. The van der Waals surface area contributed by atoms with Gasteiger partial charge in [0.15, 0.2) is 0 Å². The second-order valence-corrected chi connectivity index (χ2v) is 5.09. The van der Waals surface area contributed by atoms with Crippen molar-refractivity contribution in [3.8, 4) is 5.75 Å². The van der Waals surface area contributed by atoms with Crippen molar-refractivity contribution in [2.24, 2.45) is 5.92 Å². The molecule has 0 saturated heterocycles. The molecule has 0 atom stereocenters. The van der Waals surface area contributed by atoms with Crippen LogP contribution in [-0.2, 0) is 0 Å². The van der Waals surface area contributed by atoms with Gasteiger partial charge in [-0.2, -0.15) is 0 Å². The van der Waals surface area contributed by atoms with Crippen LogP contribution in [0.3, 0.4) is 0 Å². The average molecular weight is 248 g/mol. The molecule has 1 saturated carbocycles. The molecule has 1 aromatic carbocycles. The van der Waals surface area contributed by atoms with Crippen LogP contribution in [0.4, 0.5) is 0 Å². The zero-order valence-corrected chi connectivity index (χ0v) is 10.7. The molecule has 98 valence electrons. The molecule has 1 aliphatic rings. The fourth-order valence-electron chi connectivity index (χ4n) is 2.58. The summed E-state index contributed by atoms with van der Waals surface area (Å²) in [6.07, 6.45) is 7.87. The van der Waals surface area contributed by atoms with Gasteiger partial charge in [0.2, 0.25) is 0 Å². The molecular formula is C14H21BO3. The topological polar surface area (TPSA) is 49.7 Å². The number of ether oxygens (including phenoxy) is 1. The molecule has 0 spiro atoms. The summed E-state index contributed by atoms with van der Waals surface area (Å²) < 4.78 is 5.68. The highest BCUT2D eigenvalue weighted by Gasteiger charge is 2.14. The zero-order chi connectivity index (χ0) is 12.8. The van der Waals surface area contributed by atoms with Crippen molar-refractivity contribution in [2.75, 3.05) is 6.61 Å². The molecule has 2 N–H and O–H groups in total. The van der Waals surface area contributed by atoms with Crippen LogP contribution in [0.5, 0.6) is 5.75 Å². The summed E-state index contributed by atoms with van der Waals surface area (Å²) in [5, 5.41) is 18.2. The van der Waals surface area contributed by atoms with Crippen LogP contribution in [0.2, 0.25) is 0 Å². The molecule has 0 bridgehead atoms. The summed E-state index contributed by atoms with van der Waals surface area (Å²) >= 11 is 0.